The number of nitrogens with zero attached hydrogens (tertiary/aromatic N) is 2. The average Bonchev–Trinajstić information content (AvgIpc) is 3.01. The second-order valence-corrected chi connectivity index (χ2v) is 6.58. The summed E-state index contributed by atoms with van der Waals surface area (Å²) >= 11 is 0. The van der Waals surface area contributed by atoms with Crippen LogP contribution in [0.2, 0.25) is 0 Å². The Kier molecular flexibility index (Phi) is 4.55. The van der Waals surface area contributed by atoms with Gasteiger partial charge in [-0.15, -0.1) is 0 Å². The Morgan fingerprint density at radius 3 is 2.31 bits per heavy atom. The quantitative estimate of drug-likeness (QED) is 0.648. The first-order chi connectivity index (χ1) is 12.6. The van der Waals surface area contributed by atoms with E-state index in [1.165, 1.54) is 24.3 Å². The molecule has 4 rings (SSSR count). The van der Waals surface area contributed by atoms with Crippen molar-refractivity contribution in [2.75, 3.05) is 6.54 Å². The third-order valence-corrected chi connectivity index (χ3v) is 4.96. The molecule has 1 aromatic heterocycles. The van der Waals surface area contributed by atoms with E-state index in [1.54, 1.807) is 18.2 Å². The van der Waals surface area contributed by atoms with Crippen LogP contribution in [0.1, 0.15) is 29.3 Å². The highest BCUT2D eigenvalue weighted by Crippen LogP contribution is 2.35. The van der Waals surface area contributed by atoms with E-state index in [0.29, 0.717) is 12.1 Å². The Morgan fingerprint density at radius 2 is 1.54 bits per heavy atom. The van der Waals surface area contributed by atoms with Gasteiger partial charge in [-0.25, -0.2) is 13.2 Å². The number of halogens is 3. The van der Waals surface area contributed by atoms with Gasteiger partial charge in [-0.2, -0.15) is 0 Å². The van der Waals surface area contributed by atoms with Crippen molar-refractivity contribution in [3.63, 3.8) is 0 Å². The Labute approximate surface area is 150 Å². The molecule has 26 heavy (non-hydrogen) atoms. The molecule has 1 aliphatic rings. The van der Waals surface area contributed by atoms with Crippen molar-refractivity contribution in [1.29, 1.82) is 0 Å². The second-order valence-electron chi connectivity index (χ2n) is 6.58. The maximum absolute atomic E-state index is 14.6. The van der Waals surface area contributed by atoms with Gasteiger partial charge in [-0.1, -0.05) is 24.3 Å². The van der Waals surface area contributed by atoms with Gasteiger partial charge in [0, 0.05) is 42.7 Å². The van der Waals surface area contributed by atoms with Crippen molar-refractivity contribution in [3.05, 3.63) is 95.1 Å². The smallest absolute Gasteiger partial charge is 0.131 e. The summed E-state index contributed by atoms with van der Waals surface area (Å²) in [5, 5.41) is 0. The molecule has 0 amide bonds. The molecule has 0 saturated heterocycles. The van der Waals surface area contributed by atoms with E-state index < -0.39 is 17.7 Å². The monoisotopic (exact) mass is 356 g/mol. The molecule has 0 unspecified atom stereocenters. The van der Waals surface area contributed by atoms with Crippen molar-refractivity contribution < 1.29 is 13.2 Å². The van der Waals surface area contributed by atoms with Crippen LogP contribution < -0.4 is 0 Å². The fourth-order valence-corrected chi connectivity index (χ4v) is 3.76. The second kappa shape index (κ2) is 7.00. The van der Waals surface area contributed by atoms with E-state index >= 15 is 0 Å². The summed E-state index contributed by atoms with van der Waals surface area (Å²) < 4.78 is 45.4. The SMILES string of the molecule is Fc1ccccc1CN1CCCn2cccc2[C@@H]1c1c(F)cccc1F. The number of hydrogen-bond acceptors (Lipinski definition) is 1. The van der Waals surface area contributed by atoms with Crippen LogP contribution in [0.3, 0.4) is 0 Å². The topological polar surface area (TPSA) is 8.17 Å². The third-order valence-electron chi connectivity index (χ3n) is 4.96. The van der Waals surface area contributed by atoms with E-state index in [1.807, 2.05) is 27.8 Å². The number of benzene rings is 2. The number of hydrogen-bond donors (Lipinski definition) is 0. The Hall–Kier alpha value is -2.53. The van der Waals surface area contributed by atoms with E-state index in [2.05, 4.69) is 0 Å². The third kappa shape index (κ3) is 3.03. The van der Waals surface area contributed by atoms with Crippen LogP contribution in [-0.4, -0.2) is 16.0 Å². The minimum Gasteiger partial charge on any atom is -0.350 e. The Bertz CT molecular complexity index is 899. The molecule has 2 aromatic carbocycles. The van der Waals surface area contributed by atoms with Gasteiger partial charge in [0.2, 0.25) is 0 Å². The van der Waals surface area contributed by atoms with Gasteiger partial charge in [0.05, 0.1) is 6.04 Å². The van der Waals surface area contributed by atoms with Crippen molar-refractivity contribution in [2.45, 2.75) is 25.6 Å². The lowest BCUT2D eigenvalue weighted by Crippen LogP contribution is -2.31. The van der Waals surface area contributed by atoms with Gasteiger partial charge >= 0.3 is 0 Å². The largest absolute Gasteiger partial charge is 0.350 e. The molecule has 0 saturated carbocycles. The highest BCUT2D eigenvalue weighted by Gasteiger charge is 2.32. The molecule has 0 N–H and O–H groups in total. The normalized spacial score (nSPS) is 17.7. The van der Waals surface area contributed by atoms with Gasteiger partial charge in [0.1, 0.15) is 17.5 Å². The van der Waals surface area contributed by atoms with Gasteiger partial charge in [-0.3, -0.25) is 4.90 Å². The summed E-state index contributed by atoms with van der Waals surface area (Å²) in [6.07, 6.45) is 2.75. The van der Waals surface area contributed by atoms with Crippen molar-refractivity contribution >= 4 is 0 Å². The fraction of sp³-hybridized carbons (Fsp3) is 0.238. The molecular weight excluding hydrogens is 337 g/mol. The van der Waals surface area contributed by atoms with Crippen LogP contribution in [0.5, 0.6) is 0 Å². The van der Waals surface area contributed by atoms with Crippen LogP contribution >= 0.6 is 0 Å². The average molecular weight is 356 g/mol. The van der Waals surface area contributed by atoms with Gasteiger partial charge in [0.15, 0.2) is 0 Å². The molecule has 1 aliphatic heterocycles. The highest BCUT2D eigenvalue weighted by molar-refractivity contribution is 5.32. The molecule has 0 bridgehead atoms. The van der Waals surface area contributed by atoms with E-state index in [0.717, 1.165) is 18.7 Å². The van der Waals surface area contributed by atoms with Gasteiger partial charge < -0.3 is 4.57 Å². The van der Waals surface area contributed by atoms with Crippen LogP contribution in [0.4, 0.5) is 13.2 Å². The molecule has 0 radical (unpaired) electrons. The number of aryl methyl sites for hydroxylation is 1. The maximum atomic E-state index is 14.6. The number of aromatic nitrogens is 1. The van der Waals surface area contributed by atoms with Crippen LogP contribution in [0, 0.1) is 17.5 Å². The van der Waals surface area contributed by atoms with Crippen LogP contribution in [0.15, 0.2) is 60.8 Å². The van der Waals surface area contributed by atoms with E-state index in [4.69, 9.17) is 0 Å². The first-order valence-corrected chi connectivity index (χ1v) is 8.71. The lowest BCUT2D eigenvalue weighted by atomic mass is 9.99. The molecule has 0 aliphatic carbocycles. The van der Waals surface area contributed by atoms with Crippen LogP contribution in [0.25, 0.3) is 0 Å². The molecule has 0 fully saturated rings. The minimum atomic E-state index is -0.603. The summed E-state index contributed by atoms with van der Waals surface area (Å²) in [7, 11) is 0. The van der Waals surface area contributed by atoms with Gasteiger partial charge in [0.25, 0.3) is 0 Å². The Balaban J connectivity index is 1.82. The predicted molar refractivity (Wildman–Crippen MR) is 94.1 cm³/mol. The highest BCUT2D eigenvalue weighted by atomic mass is 19.1. The molecule has 3 aromatic rings. The summed E-state index contributed by atoms with van der Waals surface area (Å²) in [6, 6.07) is 13.6. The molecule has 134 valence electrons. The van der Waals surface area contributed by atoms with Crippen LogP contribution in [-0.2, 0) is 13.1 Å². The lowest BCUT2D eigenvalue weighted by Gasteiger charge is -2.31. The molecule has 0 spiro atoms. The first kappa shape index (κ1) is 16.9. The van der Waals surface area contributed by atoms with Crippen molar-refractivity contribution in [3.8, 4) is 0 Å². The van der Waals surface area contributed by atoms with E-state index in [9.17, 15) is 13.2 Å². The molecule has 2 nitrogen and oxygen atoms in total. The molecule has 1 atom stereocenters. The molecular formula is C21H19F3N2. The number of fused-ring (bicyclic) bond motifs is 1. The standard InChI is InChI=1S/C21H19F3N2/c22-16-7-2-1-6-15(16)14-26-13-5-12-25-11-4-10-19(25)21(26)20-17(23)8-3-9-18(20)24/h1-4,6-11,21H,5,12-14H2/t21-/m1/s1. The zero-order valence-electron chi connectivity index (χ0n) is 14.2. The first-order valence-electron chi connectivity index (χ1n) is 8.71. The summed E-state index contributed by atoms with van der Waals surface area (Å²) in [4.78, 5) is 1.96. The summed E-state index contributed by atoms with van der Waals surface area (Å²) in [5.41, 5.74) is 1.36. The van der Waals surface area contributed by atoms with Crippen molar-refractivity contribution in [2.24, 2.45) is 0 Å². The predicted octanol–water partition coefficient (Wildman–Crippen LogP) is 4.90. The summed E-state index contributed by atoms with van der Waals surface area (Å²) in [5.74, 6) is -1.47. The Morgan fingerprint density at radius 1 is 0.808 bits per heavy atom. The zero-order valence-corrected chi connectivity index (χ0v) is 14.2. The molecule has 2 heterocycles. The fourth-order valence-electron chi connectivity index (χ4n) is 3.76. The molecule has 5 heteroatoms. The van der Waals surface area contributed by atoms with Gasteiger partial charge in [-0.05, 0) is 36.8 Å². The van der Waals surface area contributed by atoms with Crippen molar-refractivity contribution in [1.82, 2.24) is 9.47 Å². The maximum Gasteiger partial charge on any atom is 0.131 e. The minimum absolute atomic E-state index is 0.0192. The lowest BCUT2D eigenvalue weighted by molar-refractivity contribution is 0.209. The zero-order chi connectivity index (χ0) is 18.1. The number of rotatable bonds is 3. The summed E-state index contributed by atoms with van der Waals surface area (Å²) in [6.45, 7) is 1.67. The van der Waals surface area contributed by atoms with E-state index in [-0.39, 0.29) is 17.9 Å².